The van der Waals surface area contributed by atoms with Crippen LogP contribution in [0.1, 0.15) is 18.9 Å². The van der Waals surface area contributed by atoms with Crippen LogP contribution in [0, 0.1) is 10.1 Å². The summed E-state index contributed by atoms with van der Waals surface area (Å²) in [6, 6.07) is 3.43. The number of halogens is 1. The number of aromatic nitrogens is 1. The van der Waals surface area contributed by atoms with Crippen LogP contribution in [0.4, 0.5) is 0 Å². The summed E-state index contributed by atoms with van der Waals surface area (Å²) in [5.41, 5.74) is 0.834. The van der Waals surface area contributed by atoms with Crippen LogP contribution in [0.25, 0.3) is 0 Å². The molecule has 0 unspecified atom stereocenters. The molecule has 1 saturated heterocycles. The van der Waals surface area contributed by atoms with Crippen molar-refractivity contribution in [2.75, 3.05) is 13.1 Å². The second kappa shape index (κ2) is 6.49. The highest BCUT2D eigenvalue weighted by atomic mass is 35.5. The molecular weight excluding hydrogens is 298 g/mol. The van der Waals surface area contributed by atoms with E-state index >= 15 is 0 Å². The van der Waals surface area contributed by atoms with E-state index in [1.54, 1.807) is 23.2 Å². The molecule has 0 radical (unpaired) electrons. The average Bonchev–Trinajstić information content (AvgIpc) is 2.42. The van der Waals surface area contributed by atoms with Gasteiger partial charge >= 0.3 is 0 Å². The van der Waals surface area contributed by atoms with E-state index < -0.39 is 5.03 Å². The van der Waals surface area contributed by atoms with Gasteiger partial charge in [0.1, 0.15) is 10.3 Å². The number of nitrogens with zero attached hydrogens (tertiary/aromatic N) is 5. The summed E-state index contributed by atoms with van der Waals surface area (Å²) in [4.78, 5) is 29.3. The van der Waals surface area contributed by atoms with Crippen molar-refractivity contribution < 1.29 is 9.83 Å². The molecule has 8 nitrogen and oxygen atoms in total. The summed E-state index contributed by atoms with van der Waals surface area (Å²) in [6.07, 6.45) is 2.32. The Morgan fingerprint density at radius 2 is 2.29 bits per heavy atom. The Balaban J connectivity index is 2.24. The van der Waals surface area contributed by atoms with Crippen LogP contribution in [0.5, 0.6) is 0 Å². The predicted octanol–water partition coefficient (Wildman–Crippen LogP) is 1.34. The summed E-state index contributed by atoms with van der Waals surface area (Å²) in [6.45, 7) is 2.75. The lowest BCUT2D eigenvalue weighted by Crippen LogP contribution is -2.52. The number of hydrogen-bond donors (Lipinski definition) is 0. The number of guanidine groups is 1. The maximum absolute atomic E-state index is 11.6. The number of carbonyl (C=O) groups is 1. The van der Waals surface area contributed by atoms with E-state index in [-0.39, 0.29) is 11.9 Å². The van der Waals surface area contributed by atoms with E-state index in [1.807, 2.05) is 0 Å². The largest absolute Gasteiger partial charge is 0.333 e. The molecule has 0 saturated carbocycles. The third kappa shape index (κ3) is 3.88. The molecule has 1 fully saturated rings. The lowest BCUT2D eigenvalue weighted by Gasteiger charge is -2.35. The van der Waals surface area contributed by atoms with Gasteiger partial charge in [0.05, 0.1) is 0 Å². The fourth-order valence-corrected chi connectivity index (χ4v) is 2.26. The second-order valence-corrected chi connectivity index (χ2v) is 4.96. The van der Waals surface area contributed by atoms with Gasteiger partial charge in [0.2, 0.25) is 5.91 Å². The molecule has 0 atom stereocenters. The van der Waals surface area contributed by atoms with Gasteiger partial charge < -0.3 is 4.90 Å². The van der Waals surface area contributed by atoms with Gasteiger partial charge in [0, 0.05) is 32.8 Å². The number of amides is 1. The summed E-state index contributed by atoms with van der Waals surface area (Å²) >= 11 is 5.73. The number of rotatable bonds is 3. The van der Waals surface area contributed by atoms with Gasteiger partial charge in [-0.1, -0.05) is 17.7 Å². The molecule has 0 aromatic carbocycles. The number of nitro groups is 1. The van der Waals surface area contributed by atoms with Crippen molar-refractivity contribution in [3.05, 3.63) is 39.2 Å². The molecule has 9 heteroatoms. The smallest absolute Gasteiger partial charge is 0.280 e. The molecule has 21 heavy (non-hydrogen) atoms. The monoisotopic (exact) mass is 311 g/mol. The van der Waals surface area contributed by atoms with Gasteiger partial charge in [-0.3, -0.25) is 9.69 Å². The highest BCUT2D eigenvalue weighted by Gasteiger charge is 2.29. The van der Waals surface area contributed by atoms with Gasteiger partial charge in [-0.2, -0.15) is 0 Å². The molecule has 0 spiro atoms. The Labute approximate surface area is 126 Å². The molecule has 112 valence electrons. The molecule has 1 aliphatic rings. The third-order valence-electron chi connectivity index (χ3n) is 3.05. The molecule has 2 heterocycles. The van der Waals surface area contributed by atoms with Crippen molar-refractivity contribution in [1.29, 1.82) is 0 Å². The van der Waals surface area contributed by atoms with Crippen LogP contribution >= 0.6 is 11.6 Å². The van der Waals surface area contributed by atoms with Gasteiger partial charge in [-0.05, 0) is 18.1 Å². The minimum atomic E-state index is -0.788. The highest BCUT2D eigenvalue weighted by Crippen LogP contribution is 2.15. The van der Waals surface area contributed by atoms with E-state index in [1.165, 1.54) is 11.8 Å². The minimum absolute atomic E-state index is 0.0636. The number of carbonyl (C=O) groups excluding carboxylic acids is 1. The fourth-order valence-electron chi connectivity index (χ4n) is 2.15. The summed E-state index contributed by atoms with van der Waals surface area (Å²) in [7, 11) is 0. The van der Waals surface area contributed by atoms with Crippen molar-refractivity contribution in [3.63, 3.8) is 0 Å². The highest BCUT2D eigenvalue weighted by molar-refractivity contribution is 6.29. The zero-order valence-electron chi connectivity index (χ0n) is 11.4. The van der Waals surface area contributed by atoms with Crippen molar-refractivity contribution in [2.45, 2.75) is 19.9 Å². The van der Waals surface area contributed by atoms with Crippen molar-refractivity contribution in [3.8, 4) is 0 Å². The molecule has 0 aliphatic carbocycles. The quantitative estimate of drug-likeness (QED) is 0.477. The van der Waals surface area contributed by atoms with Crippen LogP contribution in [-0.2, 0) is 11.3 Å². The molecular formula is C12H14ClN5O3. The maximum atomic E-state index is 11.6. The van der Waals surface area contributed by atoms with Crippen molar-refractivity contribution in [1.82, 2.24) is 14.8 Å². The number of hydrogen-bond acceptors (Lipinski definition) is 4. The van der Waals surface area contributed by atoms with E-state index in [4.69, 9.17) is 11.6 Å². The van der Waals surface area contributed by atoms with Gasteiger partial charge in [-0.15, -0.1) is 0 Å². The van der Waals surface area contributed by atoms with E-state index in [0.29, 0.717) is 24.8 Å². The third-order valence-corrected chi connectivity index (χ3v) is 3.27. The second-order valence-electron chi connectivity index (χ2n) is 4.57. The Morgan fingerprint density at radius 3 is 2.86 bits per heavy atom. The molecule has 2 rings (SSSR count). The Bertz CT molecular complexity index is 575. The molecule has 1 aromatic heterocycles. The van der Waals surface area contributed by atoms with Gasteiger partial charge in [0.15, 0.2) is 5.03 Å². The summed E-state index contributed by atoms with van der Waals surface area (Å²) < 4.78 is 0. The van der Waals surface area contributed by atoms with Crippen molar-refractivity contribution >= 4 is 23.5 Å². The van der Waals surface area contributed by atoms with Crippen LogP contribution < -0.4 is 0 Å². The van der Waals surface area contributed by atoms with E-state index in [2.05, 4.69) is 10.1 Å². The Hall–Kier alpha value is -2.22. The topological polar surface area (TPSA) is 91.9 Å². The Kier molecular flexibility index (Phi) is 4.69. The minimum Gasteiger partial charge on any atom is -0.333 e. The lowest BCUT2D eigenvalue weighted by molar-refractivity contribution is -0.486. The van der Waals surface area contributed by atoms with Crippen molar-refractivity contribution in [2.24, 2.45) is 5.10 Å². The van der Waals surface area contributed by atoms with Gasteiger partial charge in [0.25, 0.3) is 5.96 Å². The van der Waals surface area contributed by atoms with E-state index in [0.717, 1.165) is 12.0 Å². The average molecular weight is 312 g/mol. The van der Waals surface area contributed by atoms with Crippen LogP contribution in [0.3, 0.4) is 0 Å². The molecule has 0 bridgehead atoms. The first kappa shape index (κ1) is 15.2. The zero-order chi connectivity index (χ0) is 15.4. The number of pyridine rings is 1. The molecule has 1 amide bonds. The van der Waals surface area contributed by atoms with E-state index in [9.17, 15) is 14.9 Å². The number of hydrazone groups is 1. The summed E-state index contributed by atoms with van der Waals surface area (Å²) in [5, 5.41) is 13.6. The molecule has 1 aromatic rings. The first-order valence-electron chi connectivity index (χ1n) is 6.34. The van der Waals surface area contributed by atoms with Crippen LogP contribution in [0.2, 0.25) is 5.15 Å². The zero-order valence-corrected chi connectivity index (χ0v) is 12.2. The SMILES string of the molecule is CC(=O)N1CCCN(Cc2ccc(Cl)nc2)C1=N[N+](=O)[O-]. The lowest BCUT2D eigenvalue weighted by atomic mass is 10.2. The normalized spacial score (nSPS) is 17.1. The maximum Gasteiger partial charge on any atom is 0.280 e. The standard InChI is InChI=1S/C12H14ClN5O3/c1-9(19)17-6-2-5-16(12(17)15-18(20)21)8-10-3-4-11(13)14-7-10/h3-4,7H,2,5-6,8H2,1H3. The fraction of sp³-hybridized carbons (Fsp3) is 0.417. The predicted molar refractivity (Wildman–Crippen MR) is 76.1 cm³/mol. The summed E-state index contributed by atoms with van der Waals surface area (Å²) in [5.74, 6) is -0.205. The van der Waals surface area contributed by atoms with Crippen LogP contribution in [-0.4, -0.2) is 44.8 Å². The molecule has 0 N–H and O–H groups in total. The Morgan fingerprint density at radius 1 is 1.52 bits per heavy atom. The van der Waals surface area contributed by atoms with Crippen LogP contribution in [0.15, 0.2) is 23.4 Å². The van der Waals surface area contributed by atoms with Gasteiger partial charge in [-0.25, -0.2) is 15.1 Å². The first-order chi connectivity index (χ1) is 9.97. The molecule has 1 aliphatic heterocycles. The first-order valence-corrected chi connectivity index (χ1v) is 6.71.